The summed E-state index contributed by atoms with van der Waals surface area (Å²) < 4.78 is 57.2. The molecule has 0 bridgehead atoms. The normalized spacial score (nSPS) is 26.7. The molecule has 176 valence electrons. The zero-order valence-electron chi connectivity index (χ0n) is 18.7. The van der Waals surface area contributed by atoms with Crippen LogP contribution < -0.4 is 4.74 Å². The Morgan fingerprint density at radius 1 is 0.806 bits per heavy atom. The SMILES string of the molecule is CCCCOc1ccc([C@H]2OC[C@H](CC[C@H]3OC[C@H](CCCC)CO3)CO2)c(F)c1F. The Morgan fingerprint density at radius 3 is 2.13 bits per heavy atom. The van der Waals surface area contributed by atoms with Crippen molar-refractivity contribution in [3.63, 3.8) is 0 Å². The number of rotatable bonds is 11. The molecule has 2 fully saturated rings. The summed E-state index contributed by atoms with van der Waals surface area (Å²) in [4.78, 5) is 0. The molecule has 31 heavy (non-hydrogen) atoms. The molecule has 5 nitrogen and oxygen atoms in total. The Hall–Kier alpha value is -1.28. The fraction of sp³-hybridized carbons (Fsp3) is 0.750. The lowest BCUT2D eigenvalue weighted by Crippen LogP contribution is -2.34. The van der Waals surface area contributed by atoms with E-state index in [9.17, 15) is 8.78 Å². The first kappa shape index (κ1) is 24.4. The molecular formula is C24H36F2O5. The maximum absolute atomic E-state index is 14.5. The van der Waals surface area contributed by atoms with Crippen LogP contribution in [0.25, 0.3) is 0 Å². The molecule has 0 aliphatic carbocycles. The summed E-state index contributed by atoms with van der Waals surface area (Å²) in [7, 11) is 0. The molecule has 0 spiro atoms. The van der Waals surface area contributed by atoms with Crippen molar-refractivity contribution in [2.45, 2.75) is 71.4 Å². The minimum atomic E-state index is -0.994. The molecule has 1 aromatic rings. The lowest BCUT2D eigenvalue weighted by Gasteiger charge is -2.32. The second kappa shape index (κ2) is 12.7. The highest BCUT2D eigenvalue weighted by molar-refractivity contribution is 5.32. The molecule has 0 unspecified atom stereocenters. The van der Waals surface area contributed by atoms with Gasteiger partial charge in [-0.2, -0.15) is 4.39 Å². The van der Waals surface area contributed by atoms with Crippen LogP contribution in [-0.2, 0) is 18.9 Å². The highest BCUT2D eigenvalue weighted by Crippen LogP contribution is 2.33. The molecule has 2 heterocycles. The molecule has 2 aliphatic heterocycles. The predicted molar refractivity (Wildman–Crippen MR) is 113 cm³/mol. The minimum absolute atomic E-state index is 0.0656. The van der Waals surface area contributed by atoms with Crippen molar-refractivity contribution in [3.05, 3.63) is 29.3 Å². The van der Waals surface area contributed by atoms with Crippen molar-refractivity contribution in [1.82, 2.24) is 0 Å². The van der Waals surface area contributed by atoms with Crippen LogP contribution in [0.5, 0.6) is 5.75 Å². The molecule has 0 radical (unpaired) electrons. The van der Waals surface area contributed by atoms with Crippen LogP contribution in [0, 0.1) is 23.5 Å². The second-order valence-electron chi connectivity index (χ2n) is 8.53. The van der Waals surface area contributed by atoms with Gasteiger partial charge in [0.25, 0.3) is 0 Å². The monoisotopic (exact) mass is 442 g/mol. The lowest BCUT2D eigenvalue weighted by molar-refractivity contribution is -0.221. The van der Waals surface area contributed by atoms with E-state index in [0.29, 0.717) is 25.7 Å². The van der Waals surface area contributed by atoms with Gasteiger partial charge < -0.3 is 23.7 Å². The number of hydrogen-bond donors (Lipinski definition) is 0. The van der Waals surface area contributed by atoms with Gasteiger partial charge in [0, 0.05) is 17.4 Å². The first-order valence-electron chi connectivity index (χ1n) is 11.7. The zero-order chi connectivity index (χ0) is 22.1. The van der Waals surface area contributed by atoms with Gasteiger partial charge in [-0.05, 0) is 37.8 Å². The smallest absolute Gasteiger partial charge is 0.201 e. The van der Waals surface area contributed by atoms with Gasteiger partial charge in [0.1, 0.15) is 0 Å². The van der Waals surface area contributed by atoms with Crippen LogP contribution in [0.15, 0.2) is 12.1 Å². The Balaban J connectivity index is 1.40. The second-order valence-corrected chi connectivity index (χ2v) is 8.53. The molecule has 0 aromatic heterocycles. The van der Waals surface area contributed by atoms with Gasteiger partial charge in [0.05, 0.1) is 33.0 Å². The van der Waals surface area contributed by atoms with Crippen LogP contribution in [0.2, 0.25) is 0 Å². The van der Waals surface area contributed by atoms with Crippen molar-refractivity contribution in [2.75, 3.05) is 33.0 Å². The van der Waals surface area contributed by atoms with Crippen molar-refractivity contribution < 1.29 is 32.5 Å². The van der Waals surface area contributed by atoms with E-state index in [0.717, 1.165) is 45.3 Å². The molecule has 2 saturated heterocycles. The van der Waals surface area contributed by atoms with Crippen molar-refractivity contribution in [2.24, 2.45) is 11.8 Å². The fourth-order valence-electron chi connectivity index (χ4n) is 3.84. The molecule has 0 N–H and O–H groups in total. The van der Waals surface area contributed by atoms with Crippen molar-refractivity contribution in [3.8, 4) is 5.75 Å². The topological polar surface area (TPSA) is 46.2 Å². The van der Waals surface area contributed by atoms with Crippen LogP contribution >= 0.6 is 0 Å². The predicted octanol–water partition coefficient (Wildman–Crippen LogP) is 5.76. The third-order valence-electron chi connectivity index (χ3n) is 5.86. The molecule has 2 aliphatic rings. The first-order valence-corrected chi connectivity index (χ1v) is 11.7. The summed E-state index contributed by atoms with van der Waals surface area (Å²) in [6.45, 7) is 6.92. The number of hydrogen-bond acceptors (Lipinski definition) is 5. The number of benzene rings is 1. The molecule has 0 saturated carbocycles. The number of ether oxygens (including phenoxy) is 5. The average molecular weight is 443 g/mol. The fourth-order valence-corrected chi connectivity index (χ4v) is 3.84. The van der Waals surface area contributed by atoms with E-state index in [4.69, 9.17) is 23.7 Å². The number of unbranched alkanes of at least 4 members (excludes halogenated alkanes) is 2. The quantitative estimate of drug-likeness (QED) is 0.408. The van der Waals surface area contributed by atoms with E-state index in [-0.39, 0.29) is 23.5 Å². The Morgan fingerprint density at radius 2 is 1.45 bits per heavy atom. The van der Waals surface area contributed by atoms with Crippen LogP contribution in [0.4, 0.5) is 8.78 Å². The summed E-state index contributed by atoms with van der Waals surface area (Å²) >= 11 is 0. The standard InChI is InChI=1S/C24H36F2O5/c1-3-5-7-17-13-28-21(29-14-17)11-8-18-15-30-24(31-16-18)19-9-10-20(23(26)22(19)25)27-12-6-4-2/h9-10,17-18,21,24H,3-8,11-16H2,1-2H3/t17-,18-,21-,24-. The summed E-state index contributed by atoms with van der Waals surface area (Å²) in [6.07, 6.45) is 5.78. The third-order valence-corrected chi connectivity index (χ3v) is 5.86. The van der Waals surface area contributed by atoms with Gasteiger partial charge in [-0.15, -0.1) is 0 Å². The maximum atomic E-state index is 14.5. The van der Waals surface area contributed by atoms with Crippen LogP contribution in [-0.4, -0.2) is 39.3 Å². The van der Waals surface area contributed by atoms with Gasteiger partial charge >= 0.3 is 0 Å². The maximum Gasteiger partial charge on any atom is 0.201 e. The van der Waals surface area contributed by atoms with Gasteiger partial charge in [0.15, 0.2) is 24.1 Å². The van der Waals surface area contributed by atoms with E-state index in [1.807, 2.05) is 6.92 Å². The molecule has 0 atom stereocenters. The summed E-state index contributed by atoms with van der Waals surface area (Å²) in [6, 6.07) is 2.91. The van der Waals surface area contributed by atoms with E-state index in [2.05, 4.69) is 6.92 Å². The van der Waals surface area contributed by atoms with Gasteiger partial charge in [-0.25, -0.2) is 4.39 Å². The molecular weight excluding hydrogens is 406 g/mol. The first-order chi connectivity index (χ1) is 15.1. The van der Waals surface area contributed by atoms with Gasteiger partial charge in [-0.1, -0.05) is 33.1 Å². The van der Waals surface area contributed by atoms with Gasteiger partial charge in [-0.3, -0.25) is 0 Å². The highest BCUT2D eigenvalue weighted by atomic mass is 19.2. The van der Waals surface area contributed by atoms with E-state index in [1.165, 1.54) is 25.0 Å². The van der Waals surface area contributed by atoms with Gasteiger partial charge in [0.2, 0.25) is 5.82 Å². The highest BCUT2D eigenvalue weighted by Gasteiger charge is 2.29. The minimum Gasteiger partial charge on any atom is -0.490 e. The Kier molecular flexibility index (Phi) is 9.96. The van der Waals surface area contributed by atoms with Crippen LogP contribution in [0.3, 0.4) is 0 Å². The van der Waals surface area contributed by atoms with E-state index >= 15 is 0 Å². The molecule has 3 rings (SSSR count). The van der Waals surface area contributed by atoms with E-state index in [1.54, 1.807) is 0 Å². The largest absolute Gasteiger partial charge is 0.490 e. The summed E-state index contributed by atoms with van der Waals surface area (Å²) in [5.74, 6) is -1.37. The third kappa shape index (κ3) is 7.11. The van der Waals surface area contributed by atoms with Crippen LogP contribution in [0.1, 0.15) is 70.6 Å². The Labute approximate surface area is 184 Å². The molecule has 7 heteroatoms. The Bertz CT molecular complexity index is 656. The zero-order valence-corrected chi connectivity index (χ0v) is 18.7. The average Bonchev–Trinajstić information content (AvgIpc) is 2.80. The van der Waals surface area contributed by atoms with Crippen molar-refractivity contribution >= 4 is 0 Å². The van der Waals surface area contributed by atoms with Crippen molar-refractivity contribution in [1.29, 1.82) is 0 Å². The number of halogens is 2. The molecule has 0 amide bonds. The summed E-state index contributed by atoms with van der Waals surface area (Å²) in [5, 5.41) is 0. The molecule has 1 aromatic carbocycles. The summed E-state index contributed by atoms with van der Waals surface area (Å²) in [5.41, 5.74) is 0.0656. The lowest BCUT2D eigenvalue weighted by atomic mass is 10.0. The van der Waals surface area contributed by atoms with E-state index < -0.39 is 17.9 Å².